The number of hydrogen-bond acceptors (Lipinski definition) is 5. The Labute approximate surface area is 119 Å². The summed E-state index contributed by atoms with van der Waals surface area (Å²) in [4.78, 5) is 8.67. The van der Waals surface area contributed by atoms with Gasteiger partial charge in [-0.2, -0.15) is 0 Å². The van der Waals surface area contributed by atoms with E-state index in [0.29, 0.717) is 13.0 Å². The summed E-state index contributed by atoms with van der Waals surface area (Å²) >= 11 is 0. The van der Waals surface area contributed by atoms with Crippen LogP contribution in [0.15, 0.2) is 24.5 Å². The summed E-state index contributed by atoms with van der Waals surface area (Å²) in [6.45, 7) is 4.62. The maximum atomic E-state index is 9.24. The number of aliphatic hydroxyl groups excluding tert-OH is 1. The van der Waals surface area contributed by atoms with Crippen molar-refractivity contribution in [1.29, 1.82) is 0 Å². The molecule has 20 heavy (non-hydrogen) atoms. The van der Waals surface area contributed by atoms with Gasteiger partial charge in [0.25, 0.3) is 0 Å². The number of fused-ring (bicyclic) bond motifs is 1. The van der Waals surface area contributed by atoms with Crippen LogP contribution in [-0.2, 0) is 4.74 Å². The van der Waals surface area contributed by atoms with E-state index in [9.17, 15) is 5.11 Å². The average Bonchev–Trinajstić information content (AvgIpc) is 2.40. The van der Waals surface area contributed by atoms with Crippen LogP contribution in [0.2, 0.25) is 0 Å². The Bertz CT molecular complexity index is 580. The second-order valence-electron chi connectivity index (χ2n) is 5.29. The first-order chi connectivity index (χ1) is 9.59. The number of nitrogens with zero attached hydrogens (tertiary/aromatic N) is 2. The van der Waals surface area contributed by atoms with Crippen molar-refractivity contribution >= 4 is 16.7 Å². The number of nitrogens with one attached hydrogen (secondary N) is 1. The van der Waals surface area contributed by atoms with Crippen LogP contribution in [0.3, 0.4) is 0 Å². The van der Waals surface area contributed by atoms with Crippen LogP contribution >= 0.6 is 0 Å². The van der Waals surface area contributed by atoms with Crippen molar-refractivity contribution < 1.29 is 9.84 Å². The summed E-state index contributed by atoms with van der Waals surface area (Å²) in [6.07, 6.45) is 2.14. The Morgan fingerprint density at radius 2 is 2.15 bits per heavy atom. The minimum atomic E-state index is -0.367. The van der Waals surface area contributed by atoms with E-state index in [1.165, 1.54) is 0 Å². The molecule has 0 aliphatic heterocycles. The highest BCUT2D eigenvalue weighted by molar-refractivity contribution is 5.91. The van der Waals surface area contributed by atoms with Crippen molar-refractivity contribution in [3.05, 3.63) is 30.1 Å². The average molecular weight is 275 g/mol. The molecule has 0 fully saturated rings. The number of aliphatic hydroxyl groups is 1. The van der Waals surface area contributed by atoms with E-state index in [0.717, 1.165) is 22.3 Å². The lowest BCUT2D eigenvalue weighted by molar-refractivity contribution is 0.131. The Kier molecular flexibility index (Phi) is 4.52. The van der Waals surface area contributed by atoms with Crippen molar-refractivity contribution in [2.24, 2.45) is 0 Å². The predicted molar refractivity (Wildman–Crippen MR) is 79.9 cm³/mol. The lowest BCUT2D eigenvalue weighted by Gasteiger charge is -2.30. The summed E-state index contributed by atoms with van der Waals surface area (Å²) in [5.41, 5.74) is 1.69. The quantitative estimate of drug-likeness (QED) is 0.845. The van der Waals surface area contributed by atoms with Crippen LogP contribution in [0, 0.1) is 6.92 Å². The van der Waals surface area contributed by atoms with Crippen molar-refractivity contribution in [2.45, 2.75) is 25.8 Å². The second-order valence-corrected chi connectivity index (χ2v) is 5.29. The number of aryl methyl sites for hydroxylation is 1. The number of anilines is 1. The first kappa shape index (κ1) is 14.7. The molecule has 0 spiro atoms. The summed E-state index contributed by atoms with van der Waals surface area (Å²) in [5.74, 6) is 0.770. The van der Waals surface area contributed by atoms with Gasteiger partial charge in [0.15, 0.2) is 0 Å². The maximum Gasteiger partial charge on any atom is 0.137 e. The number of hydrogen-bond donors (Lipinski definition) is 2. The third-order valence-corrected chi connectivity index (χ3v) is 3.41. The molecule has 0 bridgehead atoms. The maximum absolute atomic E-state index is 9.24. The second kappa shape index (κ2) is 6.15. The molecule has 5 heteroatoms. The monoisotopic (exact) mass is 275 g/mol. The predicted octanol–water partition coefficient (Wildman–Crippen LogP) is 2.14. The number of ether oxygens (including phenoxy) is 1. The molecule has 1 aromatic carbocycles. The molecule has 0 saturated carbocycles. The van der Waals surface area contributed by atoms with E-state index in [2.05, 4.69) is 15.3 Å². The summed E-state index contributed by atoms with van der Waals surface area (Å²) in [5, 5.41) is 13.6. The fourth-order valence-electron chi connectivity index (χ4n) is 2.36. The number of rotatable bonds is 6. The molecule has 0 amide bonds. The SMILES string of the molecule is COCC(C)(CCO)Nc1ncnc2c(C)cccc12. The molecule has 5 nitrogen and oxygen atoms in total. The zero-order chi connectivity index (χ0) is 14.6. The zero-order valence-electron chi connectivity index (χ0n) is 12.2. The van der Waals surface area contributed by atoms with Gasteiger partial charge in [-0.3, -0.25) is 0 Å². The number of para-hydroxylation sites is 1. The van der Waals surface area contributed by atoms with Gasteiger partial charge in [0.2, 0.25) is 0 Å². The number of benzene rings is 1. The molecule has 2 aromatic rings. The van der Waals surface area contributed by atoms with E-state index in [-0.39, 0.29) is 12.1 Å². The highest BCUT2D eigenvalue weighted by Gasteiger charge is 2.24. The molecular formula is C15H21N3O2. The van der Waals surface area contributed by atoms with E-state index in [1.54, 1.807) is 13.4 Å². The van der Waals surface area contributed by atoms with Gasteiger partial charge in [-0.25, -0.2) is 9.97 Å². The Hall–Kier alpha value is -1.72. The molecule has 0 aliphatic carbocycles. The van der Waals surface area contributed by atoms with Gasteiger partial charge in [0, 0.05) is 19.1 Å². The molecule has 1 aromatic heterocycles. The molecule has 1 atom stereocenters. The van der Waals surface area contributed by atoms with Crippen molar-refractivity contribution in [3.8, 4) is 0 Å². The third-order valence-electron chi connectivity index (χ3n) is 3.41. The Balaban J connectivity index is 2.40. The normalized spacial score (nSPS) is 14.2. The molecule has 1 heterocycles. The van der Waals surface area contributed by atoms with Crippen LogP contribution in [0.1, 0.15) is 18.9 Å². The van der Waals surface area contributed by atoms with Gasteiger partial charge in [0.05, 0.1) is 17.7 Å². The van der Waals surface area contributed by atoms with Gasteiger partial charge in [0.1, 0.15) is 12.1 Å². The first-order valence-electron chi connectivity index (χ1n) is 6.68. The van der Waals surface area contributed by atoms with Crippen molar-refractivity contribution in [1.82, 2.24) is 9.97 Å². The van der Waals surface area contributed by atoms with Crippen LogP contribution in [0.5, 0.6) is 0 Å². The number of aromatic nitrogens is 2. The lowest BCUT2D eigenvalue weighted by Crippen LogP contribution is -2.40. The van der Waals surface area contributed by atoms with E-state index in [4.69, 9.17) is 4.74 Å². The lowest BCUT2D eigenvalue weighted by atomic mass is 9.99. The van der Waals surface area contributed by atoms with Crippen LogP contribution in [-0.4, -0.2) is 40.9 Å². The topological polar surface area (TPSA) is 67.3 Å². The smallest absolute Gasteiger partial charge is 0.137 e. The van der Waals surface area contributed by atoms with Crippen LogP contribution in [0.25, 0.3) is 10.9 Å². The zero-order valence-corrected chi connectivity index (χ0v) is 12.2. The van der Waals surface area contributed by atoms with Gasteiger partial charge < -0.3 is 15.2 Å². The fraction of sp³-hybridized carbons (Fsp3) is 0.467. The summed E-state index contributed by atoms with van der Waals surface area (Å²) < 4.78 is 5.25. The highest BCUT2D eigenvalue weighted by Crippen LogP contribution is 2.25. The van der Waals surface area contributed by atoms with E-state index in [1.807, 2.05) is 32.0 Å². The minimum absolute atomic E-state index is 0.0922. The minimum Gasteiger partial charge on any atom is -0.396 e. The molecule has 2 N–H and O–H groups in total. The first-order valence-corrected chi connectivity index (χ1v) is 6.68. The van der Waals surface area contributed by atoms with E-state index < -0.39 is 0 Å². The van der Waals surface area contributed by atoms with E-state index >= 15 is 0 Å². The largest absolute Gasteiger partial charge is 0.396 e. The summed E-state index contributed by atoms with van der Waals surface area (Å²) in [7, 11) is 1.65. The summed E-state index contributed by atoms with van der Waals surface area (Å²) in [6, 6.07) is 6.02. The molecule has 108 valence electrons. The third kappa shape index (κ3) is 3.05. The molecule has 0 aliphatic rings. The van der Waals surface area contributed by atoms with Crippen LogP contribution in [0.4, 0.5) is 5.82 Å². The fourth-order valence-corrected chi connectivity index (χ4v) is 2.36. The highest BCUT2D eigenvalue weighted by atomic mass is 16.5. The molecule has 0 radical (unpaired) electrons. The Morgan fingerprint density at radius 3 is 2.85 bits per heavy atom. The molecule has 0 saturated heterocycles. The number of methoxy groups -OCH3 is 1. The van der Waals surface area contributed by atoms with Gasteiger partial charge in [-0.05, 0) is 31.9 Å². The van der Waals surface area contributed by atoms with Gasteiger partial charge >= 0.3 is 0 Å². The molecule has 2 rings (SSSR count). The van der Waals surface area contributed by atoms with Gasteiger partial charge in [-0.15, -0.1) is 0 Å². The standard InChI is InChI=1S/C15H21N3O2/c1-11-5-4-6-12-13(11)16-10-17-14(12)18-15(2,7-8-19)9-20-3/h4-6,10,19H,7-9H2,1-3H3,(H,16,17,18). The van der Waals surface area contributed by atoms with Crippen molar-refractivity contribution in [3.63, 3.8) is 0 Å². The molecule has 1 unspecified atom stereocenters. The van der Waals surface area contributed by atoms with Crippen molar-refractivity contribution in [2.75, 3.05) is 25.6 Å². The Morgan fingerprint density at radius 1 is 1.35 bits per heavy atom. The van der Waals surface area contributed by atoms with Gasteiger partial charge in [-0.1, -0.05) is 12.1 Å². The van der Waals surface area contributed by atoms with Crippen LogP contribution < -0.4 is 5.32 Å². The molecular weight excluding hydrogens is 254 g/mol.